The summed E-state index contributed by atoms with van der Waals surface area (Å²) in [4.78, 5) is 38.1. The smallest absolute Gasteiger partial charge is 0.411 e. The van der Waals surface area contributed by atoms with E-state index >= 15 is 0 Å². The van der Waals surface area contributed by atoms with E-state index in [0.29, 0.717) is 10.4 Å². The van der Waals surface area contributed by atoms with Crippen molar-refractivity contribution in [1.82, 2.24) is 4.90 Å². The molecule has 156 valence electrons. The number of nitrogens with zero attached hydrogens (tertiary/aromatic N) is 1. The number of rotatable bonds is 3. The molecule has 2 heterocycles. The number of alkyl halides is 1. The number of nitrogens with one attached hydrogen (secondary N) is 1. The molecule has 3 rings (SSSR count). The van der Waals surface area contributed by atoms with Crippen LogP contribution in [0.5, 0.6) is 0 Å². The predicted octanol–water partition coefficient (Wildman–Crippen LogP) is 3.47. The highest BCUT2D eigenvalue weighted by molar-refractivity contribution is 6.31. The average molecular weight is 426 g/mol. The van der Waals surface area contributed by atoms with Crippen molar-refractivity contribution < 1.29 is 27.9 Å². The van der Waals surface area contributed by atoms with Crippen LogP contribution in [0, 0.1) is 0 Å². The predicted molar refractivity (Wildman–Crippen MR) is 105 cm³/mol. The first-order valence-corrected chi connectivity index (χ1v) is 9.30. The summed E-state index contributed by atoms with van der Waals surface area (Å²) in [6.07, 6.45) is -2.38. The number of furan rings is 1. The zero-order valence-corrected chi connectivity index (χ0v) is 16.9. The summed E-state index contributed by atoms with van der Waals surface area (Å²) in [6, 6.07) is 3.46. The van der Waals surface area contributed by atoms with Crippen LogP contribution in [-0.4, -0.2) is 47.2 Å². The highest BCUT2D eigenvalue weighted by Gasteiger charge is 2.42. The van der Waals surface area contributed by atoms with Crippen LogP contribution in [0.3, 0.4) is 0 Å². The molecule has 8 nitrogen and oxygen atoms in total. The van der Waals surface area contributed by atoms with Crippen molar-refractivity contribution in [3.8, 4) is 0 Å². The van der Waals surface area contributed by atoms with Gasteiger partial charge in [-0.2, -0.15) is 0 Å². The molecule has 1 aromatic carbocycles. The molecule has 1 aliphatic rings. The van der Waals surface area contributed by atoms with Gasteiger partial charge in [0.25, 0.3) is 5.91 Å². The Morgan fingerprint density at radius 1 is 1.34 bits per heavy atom. The highest BCUT2D eigenvalue weighted by Crippen LogP contribution is 2.34. The number of hydrogen-bond donors (Lipinski definition) is 2. The molecule has 0 spiro atoms. The zero-order chi connectivity index (χ0) is 21.5. The van der Waals surface area contributed by atoms with Crippen molar-refractivity contribution in [1.29, 1.82) is 0 Å². The van der Waals surface area contributed by atoms with Gasteiger partial charge in [-0.25, -0.2) is 9.18 Å². The van der Waals surface area contributed by atoms with E-state index in [2.05, 4.69) is 5.32 Å². The van der Waals surface area contributed by atoms with Crippen molar-refractivity contribution in [2.24, 2.45) is 5.73 Å². The second kappa shape index (κ2) is 7.55. The number of primary amides is 1. The van der Waals surface area contributed by atoms with E-state index in [-0.39, 0.29) is 30.0 Å². The van der Waals surface area contributed by atoms with Gasteiger partial charge in [-0.15, -0.1) is 0 Å². The van der Waals surface area contributed by atoms with E-state index in [4.69, 9.17) is 26.5 Å². The molecule has 10 heteroatoms. The van der Waals surface area contributed by atoms with E-state index in [0.717, 1.165) is 4.90 Å². The minimum atomic E-state index is -1.38. The number of halogens is 2. The quantitative estimate of drug-likeness (QED) is 0.781. The number of benzene rings is 1. The molecule has 3 amide bonds. The van der Waals surface area contributed by atoms with E-state index in [1.807, 2.05) is 0 Å². The summed E-state index contributed by atoms with van der Waals surface area (Å²) in [6.45, 7) is 4.74. The second-order valence-electron chi connectivity index (χ2n) is 7.78. The third-order valence-corrected chi connectivity index (χ3v) is 4.54. The summed E-state index contributed by atoms with van der Waals surface area (Å²) in [5, 5.41) is 3.26. The van der Waals surface area contributed by atoms with Gasteiger partial charge in [-0.05, 0) is 39.0 Å². The number of anilines is 1. The SMILES string of the molecule is CC(C)(C)OC(=O)N1CC(F)CC1C(=O)Nc1c(C(N)=O)oc2ccc(Cl)cc12. The fourth-order valence-corrected chi connectivity index (χ4v) is 3.30. The van der Waals surface area contributed by atoms with E-state index < -0.39 is 35.7 Å². The fraction of sp³-hybridized carbons (Fsp3) is 0.421. The molecule has 1 aliphatic heterocycles. The molecule has 29 heavy (non-hydrogen) atoms. The minimum Gasteiger partial charge on any atom is -0.449 e. The van der Waals surface area contributed by atoms with Gasteiger partial charge in [0.2, 0.25) is 11.7 Å². The van der Waals surface area contributed by atoms with Crippen molar-refractivity contribution in [3.63, 3.8) is 0 Å². The summed E-state index contributed by atoms with van der Waals surface area (Å²) < 4.78 is 24.7. The van der Waals surface area contributed by atoms with Gasteiger partial charge in [0.05, 0.1) is 6.54 Å². The molecule has 1 aromatic heterocycles. The summed E-state index contributed by atoms with van der Waals surface area (Å²) in [5.41, 5.74) is 4.86. The van der Waals surface area contributed by atoms with Gasteiger partial charge >= 0.3 is 6.09 Å². The molecule has 2 atom stereocenters. The van der Waals surface area contributed by atoms with Crippen LogP contribution < -0.4 is 11.1 Å². The van der Waals surface area contributed by atoms with E-state index in [9.17, 15) is 18.8 Å². The summed E-state index contributed by atoms with van der Waals surface area (Å²) >= 11 is 6.00. The molecule has 3 N–H and O–H groups in total. The number of hydrogen-bond acceptors (Lipinski definition) is 5. The highest BCUT2D eigenvalue weighted by atomic mass is 35.5. The lowest BCUT2D eigenvalue weighted by Crippen LogP contribution is -2.45. The van der Waals surface area contributed by atoms with Crippen LogP contribution >= 0.6 is 11.6 Å². The first-order chi connectivity index (χ1) is 13.5. The monoisotopic (exact) mass is 425 g/mol. The van der Waals surface area contributed by atoms with Crippen LogP contribution in [0.2, 0.25) is 5.02 Å². The molecule has 0 radical (unpaired) electrons. The summed E-state index contributed by atoms with van der Waals surface area (Å²) in [5.74, 6) is -1.86. The molecule has 1 fully saturated rings. The second-order valence-corrected chi connectivity index (χ2v) is 8.22. The number of fused-ring (bicyclic) bond motifs is 1. The number of amides is 3. The summed E-state index contributed by atoms with van der Waals surface area (Å²) in [7, 11) is 0. The first-order valence-electron chi connectivity index (χ1n) is 8.92. The largest absolute Gasteiger partial charge is 0.449 e. The molecule has 1 saturated heterocycles. The molecule has 2 aromatic rings. The first kappa shape index (κ1) is 20.9. The van der Waals surface area contributed by atoms with Gasteiger partial charge in [0, 0.05) is 16.8 Å². The Balaban J connectivity index is 1.91. The van der Waals surface area contributed by atoms with Crippen LogP contribution in [0.25, 0.3) is 11.0 Å². The Kier molecular flexibility index (Phi) is 5.44. The fourth-order valence-electron chi connectivity index (χ4n) is 3.13. The van der Waals surface area contributed by atoms with Crippen molar-refractivity contribution in [2.45, 2.75) is 45.0 Å². The average Bonchev–Trinajstić information content (AvgIpc) is 3.14. The van der Waals surface area contributed by atoms with Gasteiger partial charge in [-0.3, -0.25) is 14.5 Å². The normalized spacial score (nSPS) is 19.4. The number of carbonyl (C=O) groups excluding carboxylic acids is 3. The number of nitrogens with two attached hydrogens (primary N) is 1. The van der Waals surface area contributed by atoms with E-state index in [1.165, 1.54) is 12.1 Å². The lowest BCUT2D eigenvalue weighted by Gasteiger charge is -2.27. The third kappa shape index (κ3) is 4.45. The molecular formula is C19H21ClFN3O5. The number of ether oxygens (including phenoxy) is 1. The van der Waals surface area contributed by atoms with Gasteiger partial charge in [-0.1, -0.05) is 11.6 Å². The Morgan fingerprint density at radius 3 is 2.66 bits per heavy atom. The topological polar surface area (TPSA) is 115 Å². The minimum absolute atomic E-state index is 0.0199. The van der Waals surface area contributed by atoms with Gasteiger partial charge in [0.1, 0.15) is 29.1 Å². The van der Waals surface area contributed by atoms with Crippen LogP contribution in [0.15, 0.2) is 22.6 Å². The maximum atomic E-state index is 14.0. The molecule has 0 bridgehead atoms. The maximum Gasteiger partial charge on any atom is 0.411 e. The maximum absolute atomic E-state index is 14.0. The lowest BCUT2D eigenvalue weighted by atomic mass is 10.1. The van der Waals surface area contributed by atoms with Crippen LogP contribution in [0.1, 0.15) is 37.7 Å². The standard InChI is InChI=1S/C19H21ClFN3O5/c1-19(2,3)29-18(27)24-8-10(21)7-12(24)17(26)23-14-11-6-9(20)4-5-13(11)28-15(14)16(22)25/h4-6,10,12H,7-8H2,1-3H3,(H2,22,25)(H,23,26). The molecule has 0 aliphatic carbocycles. The Bertz CT molecular complexity index is 984. The molecular weight excluding hydrogens is 405 g/mol. The van der Waals surface area contributed by atoms with Gasteiger partial charge in [0.15, 0.2) is 0 Å². The zero-order valence-electron chi connectivity index (χ0n) is 16.1. The molecule has 0 saturated carbocycles. The van der Waals surface area contributed by atoms with Gasteiger partial charge < -0.3 is 20.2 Å². The Morgan fingerprint density at radius 2 is 2.03 bits per heavy atom. The van der Waals surface area contributed by atoms with Crippen molar-refractivity contribution >= 4 is 46.2 Å². The Hall–Kier alpha value is -2.81. The van der Waals surface area contributed by atoms with Crippen molar-refractivity contribution in [3.05, 3.63) is 29.0 Å². The molecule has 2 unspecified atom stereocenters. The number of carbonyl (C=O) groups is 3. The lowest BCUT2D eigenvalue weighted by molar-refractivity contribution is -0.120. The van der Waals surface area contributed by atoms with Crippen LogP contribution in [0.4, 0.5) is 14.9 Å². The third-order valence-electron chi connectivity index (χ3n) is 4.30. The van der Waals surface area contributed by atoms with Crippen LogP contribution in [-0.2, 0) is 9.53 Å². The van der Waals surface area contributed by atoms with E-state index in [1.54, 1.807) is 26.8 Å². The van der Waals surface area contributed by atoms with Crippen molar-refractivity contribution in [2.75, 3.05) is 11.9 Å². The Labute approximate surface area is 171 Å². The number of likely N-dealkylation sites (tertiary alicyclic amines) is 1.